The molecule has 118 valence electrons. The molecule has 0 aromatic heterocycles. The Labute approximate surface area is 135 Å². The summed E-state index contributed by atoms with van der Waals surface area (Å²) >= 11 is 5.22. The maximum atomic E-state index is 12.2. The van der Waals surface area contributed by atoms with Crippen molar-refractivity contribution in [2.75, 3.05) is 7.11 Å². The van der Waals surface area contributed by atoms with Gasteiger partial charge >= 0.3 is 5.97 Å². The number of thiocarbonyl (C=S) groups is 1. The third-order valence-electron chi connectivity index (χ3n) is 3.27. The Balaban J connectivity index is 2.51. The van der Waals surface area contributed by atoms with Crippen LogP contribution in [0.3, 0.4) is 0 Å². The van der Waals surface area contributed by atoms with E-state index in [1.807, 2.05) is 38.1 Å². The van der Waals surface area contributed by atoms with Crippen molar-refractivity contribution in [1.29, 1.82) is 0 Å². The maximum Gasteiger partial charge on any atom is 0.337 e. The van der Waals surface area contributed by atoms with Crippen LogP contribution < -0.4 is 15.4 Å². The number of hydrogen-bond donors (Lipinski definition) is 2. The van der Waals surface area contributed by atoms with Gasteiger partial charge in [-0.1, -0.05) is 18.2 Å². The molecule has 1 atom stereocenters. The molecule has 0 saturated heterocycles. The van der Waals surface area contributed by atoms with E-state index in [1.54, 1.807) is 6.92 Å². The first kappa shape index (κ1) is 16.3. The molecule has 0 saturated carbocycles. The Kier molecular flexibility index (Phi) is 5.03. The number of rotatable bonds is 4. The molecular formula is C16H20N2O3S. The standard InChI is InChI=1S/C16H20N2O3S/c1-9(2)21-12-8-6-5-7-11(12)14-13(15(19)20-4)10(3)17-16(22)18-14/h5-9,14H,1-4H3,(H2,17,18,22)/t14-/m1/s1. The molecule has 0 amide bonds. The lowest BCUT2D eigenvalue weighted by molar-refractivity contribution is -0.136. The average Bonchev–Trinajstić information content (AvgIpc) is 2.45. The zero-order valence-electron chi connectivity index (χ0n) is 13.1. The number of allylic oxidation sites excluding steroid dienone is 1. The van der Waals surface area contributed by atoms with Crippen LogP contribution in [0.15, 0.2) is 35.5 Å². The number of ether oxygens (including phenoxy) is 2. The van der Waals surface area contributed by atoms with Crippen molar-refractivity contribution in [3.63, 3.8) is 0 Å². The number of methoxy groups -OCH3 is 1. The first-order chi connectivity index (χ1) is 10.4. The van der Waals surface area contributed by atoms with Crippen LogP contribution in [-0.4, -0.2) is 24.3 Å². The normalized spacial score (nSPS) is 17.9. The van der Waals surface area contributed by atoms with Gasteiger partial charge in [-0.25, -0.2) is 4.79 Å². The molecule has 0 bridgehead atoms. The van der Waals surface area contributed by atoms with E-state index in [-0.39, 0.29) is 6.10 Å². The van der Waals surface area contributed by atoms with Crippen molar-refractivity contribution in [2.24, 2.45) is 0 Å². The Bertz CT molecular complexity index is 626. The molecule has 0 fully saturated rings. The highest BCUT2D eigenvalue weighted by molar-refractivity contribution is 7.80. The van der Waals surface area contributed by atoms with E-state index < -0.39 is 12.0 Å². The fourth-order valence-electron chi connectivity index (χ4n) is 2.39. The quantitative estimate of drug-likeness (QED) is 0.656. The number of nitrogens with one attached hydrogen (secondary N) is 2. The number of carbonyl (C=O) groups is 1. The van der Waals surface area contributed by atoms with Crippen LogP contribution in [-0.2, 0) is 9.53 Å². The Morgan fingerprint density at radius 1 is 1.32 bits per heavy atom. The Morgan fingerprint density at radius 2 is 2.00 bits per heavy atom. The second kappa shape index (κ2) is 6.79. The Morgan fingerprint density at radius 3 is 2.64 bits per heavy atom. The minimum absolute atomic E-state index is 0.0291. The monoisotopic (exact) mass is 320 g/mol. The molecule has 0 unspecified atom stereocenters. The SMILES string of the molecule is COC(=O)C1=C(C)NC(=S)N[C@@H]1c1ccccc1OC(C)C. The van der Waals surface area contributed by atoms with Crippen LogP contribution >= 0.6 is 12.2 Å². The van der Waals surface area contributed by atoms with Crippen LogP contribution in [0, 0.1) is 0 Å². The summed E-state index contributed by atoms with van der Waals surface area (Å²) in [7, 11) is 1.36. The van der Waals surface area contributed by atoms with Gasteiger partial charge in [0.15, 0.2) is 5.11 Å². The van der Waals surface area contributed by atoms with Crippen LogP contribution in [0.25, 0.3) is 0 Å². The molecule has 0 aliphatic carbocycles. The summed E-state index contributed by atoms with van der Waals surface area (Å²) in [6.45, 7) is 5.72. The number of hydrogen-bond acceptors (Lipinski definition) is 4. The minimum atomic E-state index is -0.406. The molecule has 1 aliphatic rings. The van der Waals surface area contributed by atoms with E-state index in [0.29, 0.717) is 22.1 Å². The largest absolute Gasteiger partial charge is 0.491 e. The van der Waals surface area contributed by atoms with Gasteiger partial charge in [-0.15, -0.1) is 0 Å². The van der Waals surface area contributed by atoms with Crippen LogP contribution in [0.2, 0.25) is 0 Å². The summed E-state index contributed by atoms with van der Waals surface area (Å²) < 4.78 is 10.8. The number of benzene rings is 1. The fourth-order valence-corrected chi connectivity index (χ4v) is 2.66. The molecular weight excluding hydrogens is 300 g/mol. The second-order valence-electron chi connectivity index (χ2n) is 5.27. The number of carbonyl (C=O) groups excluding carboxylic acids is 1. The lowest BCUT2D eigenvalue weighted by Crippen LogP contribution is -2.45. The summed E-state index contributed by atoms with van der Waals surface area (Å²) in [6.07, 6.45) is 0.0291. The second-order valence-corrected chi connectivity index (χ2v) is 5.67. The molecule has 6 heteroatoms. The average molecular weight is 320 g/mol. The minimum Gasteiger partial charge on any atom is -0.491 e. The molecule has 2 N–H and O–H groups in total. The van der Waals surface area contributed by atoms with Crippen molar-refractivity contribution in [3.8, 4) is 5.75 Å². The molecule has 1 aliphatic heterocycles. The highest BCUT2D eigenvalue weighted by Crippen LogP contribution is 2.33. The van der Waals surface area contributed by atoms with Crippen LogP contribution in [0.4, 0.5) is 0 Å². The van der Waals surface area contributed by atoms with E-state index in [4.69, 9.17) is 21.7 Å². The molecule has 0 spiro atoms. The fraction of sp³-hybridized carbons (Fsp3) is 0.375. The van der Waals surface area contributed by atoms with E-state index in [0.717, 1.165) is 5.56 Å². The zero-order chi connectivity index (χ0) is 16.3. The number of esters is 1. The summed E-state index contributed by atoms with van der Waals surface area (Å²) in [5.74, 6) is 0.318. The maximum absolute atomic E-state index is 12.2. The van der Waals surface area contributed by atoms with Gasteiger partial charge < -0.3 is 20.1 Å². The molecule has 1 aromatic rings. The van der Waals surface area contributed by atoms with Crippen molar-refractivity contribution in [2.45, 2.75) is 32.9 Å². The van der Waals surface area contributed by atoms with E-state index >= 15 is 0 Å². The number of para-hydroxylation sites is 1. The third kappa shape index (κ3) is 3.39. The molecule has 0 radical (unpaired) electrons. The molecule has 1 heterocycles. The predicted octanol–water partition coefficient (Wildman–Crippen LogP) is 2.44. The molecule has 2 rings (SSSR count). The van der Waals surface area contributed by atoms with Gasteiger partial charge in [-0.05, 0) is 39.1 Å². The first-order valence-corrected chi connectivity index (χ1v) is 7.47. The summed E-state index contributed by atoms with van der Waals surface area (Å²) in [6, 6.07) is 7.19. The smallest absolute Gasteiger partial charge is 0.337 e. The lowest BCUT2D eigenvalue weighted by Gasteiger charge is -2.30. The topological polar surface area (TPSA) is 59.6 Å². The van der Waals surface area contributed by atoms with Crippen molar-refractivity contribution >= 4 is 23.3 Å². The van der Waals surface area contributed by atoms with Gasteiger partial charge in [0.05, 0.1) is 24.8 Å². The van der Waals surface area contributed by atoms with Gasteiger partial charge in [-0.2, -0.15) is 0 Å². The molecule has 5 nitrogen and oxygen atoms in total. The van der Waals surface area contributed by atoms with Crippen molar-refractivity contribution in [1.82, 2.24) is 10.6 Å². The summed E-state index contributed by atoms with van der Waals surface area (Å²) in [5.41, 5.74) is 2.02. The molecule has 22 heavy (non-hydrogen) atoms. The van der Waals surface area contributed by atoms with E-state index in [9.17, 15) is 4.79 Å². The Hall–Kier alpha value is -2.08. The summed E-state index contributed by atoms with van der Waals surface area (Å²) in [5, 5.41) is 6.55. The van der Waals surface area contributed by atoms with Crippen molar-refractivity contribution in [3.05, 3.63) is 41.1 Å². The van der Waals surface area contributed by atoms with Gasteiger partial charge in [0.1, 0.15) is 5.75 Å². The van der Waals surface area contributed by atoms with Crippen LogP contribution in [0.5, 0.6) is 5.75 Å². The highest BCUT2D eigenvalue weighted by atomic mass is 32.1. The van der Waals surface area contributed by atoms with Gasteiger partial charge in [-0.3, -0.25) is 0 Å². The van der Waals surface area contributed by atoms with Crippen LogP contribution in [0.1, 0.15) is 32.4 Å². The van der Waals surface area contributed by atoms with Gasteiger partial charge in [0, 0.05) is 11.3 Å². The lowest BCUT2D eigenvalue weighted by atomic mass is 9.95. The first-order valence-electron chi connectivity index (χ1n) is 7.06. The zero-order valence-corrected chi connectivity index (χ0v) is 13.9. The van der Waals surface area contributed by atoms with Crippen molar-refractivity contribution < 1.29 is 14.3 Å². The van der Waals surface area contributed by atoms with E-state index in [2.05, 4.69) is 10.6 Å². The predicted molar refractivity (Wildman–Crippen MR) is 88.5 cm³/mol. The third-order valence-corrected chi connectivity index (χ3v) is 3.49. The highest BCUT2D eigenvalue weighted by Gasteiger charge is 2.32. The summed E-state index contributed by atoms with van der Waals surface area (Å²) in [4.78, 5) is 12.2. The van der Waals surface area contributed by atoms with E-state index in [1.165, 1.54) is 7.11 Å². The van der Waals surface area contributed by atoms with Gasteiger partial charge in [0.2, 0.25) is 0 Å². The molecule has 1 aromatic carbocycles. The van der Waals surface area contributed by atoms with Gasteiger partial charge in [0.25, 0.3) is 0 Å².